The van der Waals surface area contributed by atoms with Gasteiger partial charge in [0, 0.05) is 29.5 Å². The number of benzene rings is 1. The molecule has 1 fully saturated rings. The zero-order chi connectivity index (χ0) is 13.8. The Morgan fingerprint density at radius 1 is 1.53 bits per heavy atom. The fourth-order valence-electron chi connectivity index (χ4n) is 2.44. The predicted octanol–water partition coefficient (Wildman–Crippen LogP) is 3.11. The van der Waals surface area contributed by atoms with Crippen molar-refractivity contribution in [2.24, 2.45) is 0 Å². The molecule has 1 N–H and O–H groups in total. The van der Waals surface area contributed by atoms with Crippen LogP contribution in [0.5, 0.6) is 0 Å². The number of thioether (sulfide) groups is 1. The number of rotatable bonds is 5. The van der Waals surface area contributed by atoms with Crippen LogP contribution >= 0.6 is 11.8 Å². The Hall–Kier alpha value is -1.14. The van der Waals surface area contributed by atoms with Crippen LogP contribution in [-0.4, -0.2) is 22.5 Å². The molecule has 0 radical (unpaired) electrons. The molecule has 0 aliphatic heterocycles. The number of hydrogen-bond acceptors (Lipinski definition) is 4. The number of hydrogen-bond donors (Lipinski definition) is 1. The smallest absolute Gasteiger partial charge is 0.305 e. The number of halogens is 1. The van der Waals surface area contributed by atoms with E-state index in [1.807, 2.05) is 11.8 Å². The van der Waals surface area contributed by atoms with Gasteiger partial charge < -0.3 is 5.32 Å². The van der Waals surface area contributed by atoms with Crippen LogP contribution < -0.4 is 5.32 Å². The van der Waals surface area contributed by atoms with Crippen LogP contribution in [0.25, 0.3) is 0 Å². The van der Waals surface area contributed by atoms with Gasteiger partial charge in [0.1, 0.15) is 0 Å². The normalized spacial score (nSPS) is 22.6. The molecule has 1 aliphatic rings. The highest BCUT2D eigenvalue weighted by molar-refractivity contribution is 7.99. The molecule has 0 heterocycles. The number of nitro groups is 1. The van der Waals surface area contributed by atoms with E-state index in [4.69, 9.17) is 0 Å². The van der Waals surface area contributed by atoms with E-state index >= 15 is 0 Å². The summed E-state index contributed by atoms with van der Waals surface area (Å²) in [7, 11) is 0. The maximum atomic E-state index is 13.9. The summed E-state index contributed by atoms with van der Waals surface area (Å²) in [4.78, 5) is 9.98. The minimum absolute atomic E-state index is 0.347. The van der Waals surface area contributed by atoms with Crippen LogP contribution in [0.1, 0.15) is 24.8 Å². The SMILES string of the molecule is CSC1CCC(NCc2cccc([N+](=O)[O-])c2F)C1. The van der Waals surface area contributed by atoms with Crippen molar-refractivity contribution in [3.8, 4) is 0 Å². The van der Waals surface area contributed by atoms with Gasteiger partial charge in [0.15, 0.2) is 0 Å². The van der Waals surface area contributed by atoms with Crippen LogP contribution in [0.2, 0.25) is 0 Å². The zero-order valence-electron chi connectivity index (χ0n) is 10.8. The summed E-state index contributed by atoms with van der Waals surface area (Å²) in [6.45, 7) is 0.347. The largest absolute Gasteiger partial charge is 0.310 e. The van der Waals surface area contributed by atoms with Gasteiger partial charge in [-0.15, -0.1) is 0 Å². The summed E-state index contributed by atoms with van der Waals surface area (Å²) in [6, 6.07) is 4.70. The maximum absolute atomic E-state index is 13.9. The minimum Gasteiger partial charge on any atom is -0.310 e. The van der Waals surface area contributed by atoms with Gasteiger partial charge in [0.25, 0.3) is 0 Å². The lowest BCUT2D eigenvalue weighted by Crippen LogP contribution is -2.26. The molecule has 19 heavy (non-hydrogen) atoms. The Bertz CT molecular complexity index is 470. The number of nitrogens with one attached hydrogen (secondary N) is 1. The summed E-state index contributed by atoms with van der Waals surface area (Å²) in [6.07, 6.45) is 5.45. The lowest BCUT2D eigenvalue weighted by atomic mass is 10.1. The van der Waals surface area contributed by atoms with Crippen LogP contribution in [0.15, 0.2) is 18.2 Å². The molecule has 0 amide bonds. The Balaban J connectivity index is 1.97. The first kappa shape index (κ1) is 14.3. The van der Waals surface area contributed by atoms with Crippen LogP contribution in [-0.2, 0) is 6.54 Å². The highest BCUT2D eigenvalue weighted by atomic mass is 32.2. The molecule has 0 bridgehead atoms. The molecule has 0 saturated heterocycles. The van der Waals surface area contributed by atoms with Gasteiger partial charge in [-0.05, 0) is 25.5 Å². The second-order valence-corrected chi connectivity index (χ2v) is 5.89. The van der Waals surface area contributed by atoms with Gasteiger partial charge in [-0.1, -0.05) is 12.1 Å². The van der Waals surface area contributed by atoms with Crippen molar-refractivity contribution in [2.75, 3.05) is 6.26 Å². The number of nitro benzene ring substituents is 1. The molecule has 104 valence electrons. The van der Waals surface area contributed by atoms with Crippen LogP contribution in [0.3, 0.4) is 0 Å². The molecule has 6 heteroatoms. The van der Waals surface area contributed by atoms with Gasteiger partial charge in [-0.25, -0.2) is 0 Å². The highest BCUT2D eigenvalue weighted by Crippen LogP contribution is 2.28. The molecule has 2 atom stereocenters. The van der Waals surface area contributed by atoms with Crippen molar-refractivity contribution in [1.82, 2.24) is 5.32 Å². The van der Waals surface area contributed by atoms with Crippen LogP contribution in [0, 0.1) is 15.9 Å². The van der Waals surface area contributed by atoms with E-state index in [2.05, 4.69) is 11.6 Å². The quantitative estimate of drug-likeness (QED) is 0.667. The van der Waals surface area contributed by atoms with Crippen molar-refractivity contribution >= 4 is 17.4 Å². The predicted molar refractivity (Wildman–Crippen MR) is 74.8 cm³/mol. The highest BCUT2D eigenvalue weighted by Gasteiger charge is 2.24. The third-order valence-corrected chi connectivity index (χ3v) is 4.65. The molecular formula is C13H17FN2O2S. The third-order valence-electron chi connectivity index (χ3n) is 3.55. The monoisotopic (exact) mass is 284 g/mol. The van der Waals surface area contributed by atoms with Crippen molar-refractivity contribution in [2.45, 2.75) is 37.1 Å². The Morgan fingerprint density at radius 3 is 2.95 bits per heavy atom. The Morgan fingerprint density at radius 2 is 2.32 bits per heavy atom. The summed E-state index contributed by atoms with van der Waals surface area (Å²) in [5.74, 6) is -0.723. The average molecular weight is 284 g/mol. The van der Waals surface area contributed by atoms with E-state index in [9.17, 15) is 14.5 Å². The lowest BCUT2D eigenvalue weighted by molar-refractivity contribution is -0.387. The molecule has 0 aromatic heterocycles. The van der Waals surface area contributed by atoms with Gasteiger partial charge in [0.05, 0.1) is 4.92 Å². The maximum Gasteiger partial charge on any atom is 0.305 e. The van der Waals surface area contributed by atoms with Crippen LogP contribution in [0.4, 0.5) is 10.1 Å². The molecular weight excluding hydrogens is 267 g/mol. The Labute approximate surface area is 115 Å². The molecule has 1 aromatic rings. The zero-order valence-corrected chi connectivity index (χ0v) is 11.6. The lowest BCUT2D eigenvalue weighted by Gasteiger charge is -2.13. The summed E-state index contributed by atoms with van der Waals surface area (Å²) in [5, 5.41) is 14.6. The van der Waals surface area contributed by atoms with Gasteiger partial charge >= 0.3 is 5.69 Å². The van der Waals surface area contributed by atoms with E-state index in [1.54, 1.807) is 6.07 Å². The topological polar surface area (TPSA) is 55.2 Å². The van der Waals surface area contributed by atoms with E-state index in [1.165, 1.54) is 18.6 Å². The van der Waals surface area contributed by atoms with Crippen molar-refractivity contribution in [1.29, 1.82) is 0 Å². The molecule has 1 aliphatic carbocycles. The van der Waals surface area contributed by atoms with Crippen molar-refractivity contribution in [3.63, 3.8) is 0 Å². The molecule has 1 saturated carbocycles. The molecule has 2 rings (SSSR count). The fraction of sp³-hybridized carbons (Fsp3) is 0.538. The van der Waals surface area contributed by atoms with Gasteiger partial charge in [-0.2, -0.15) is 16.2 Å². The number of nitrogens with zero attached hydrogens (tertiary/aromatic N) is 1. The summed E-state index contributed by atoms with van der Waals surface area (Å²) >= 11 is 1.86. The summed E-state index contributed by atoms with van der Waals surface area (Å²) < 4.78 is 13.9. The van der Waals surface area contributed by atoms with Crippen molar-refractivity contribution < 1.29 is 9.31 Å². The van der Waals surface area contributed by atoms with Gasteiger partial charge in [-0.3, -0.25) is 10.1 Å². The average Bonchev–Trinajstić information content (AvgIpc) is 2.85. The fourth-order valence-corrected chi connectivity index (χ4v) is 3.23. The Kier molecular flexibility index (Phi) is 4.76. The molecule has 0 spiro atoms. The minimum atomic E-state index is -0.723. The van der Waals surface area contributed by atoms with E-state index in [0.29, 0.717) is 23.4 Å². The second-order valence-electron chi connectivity index (χ2n) is 4.76. The van der Waals surface area contributed by atoms with E-state index in [0.717, 1.165) is 12.8 Å². The first-order valence-corrected chi connectivity index (χ1v) is 7.58. The third kappa shape index (κ3) is 3.45. The first-order chi connectivity index (χ1) is 9.11. The van der Waals surface area contributed by atoms with Crippen molar-refractivity contribution in [3.05, 3.63) is 39.7 Å². The summed E-state index contributed by atoms with van der Waals surface area (Å²) in [5.41, 5.74) is -0.0884. The standard InChI is InChI=1S/C13H17FN2O2S/c1-19-11-6-5-10(7-11)15-8-9-3-2-4-12(13(9)14)16(17)18/h2-4,10-11,15H,5-8H2,1H3. The molecule has 1 aromatic carbocycles. The van der Waals surface area contributed by atoms with E-state index < -0.39 is 16.4 Å². The molecule has 4 nitrogen and oxygen atoms in total. The van der Waals surface area contributed by atoms with E-state index in [-0.39, 0.29) is 0 Å². The first-order valence-electron chi connectivity index (χ1n) is 6.29. The second kappa shape index (κ2) is 6.34. The van der Waals surface area contributed by atoms with Gasteiger partial charge in [0.2, 0.25) is 5.82 Å². The molecule has 2 unspecified atom stereocenters.